The molecule has 0 rings (SSSR count). The van der Waals surface area contributed by atoms with E-state index in [4.69, 9.17) is 6.42 Å². The summed E-state index contributed by atoms with van der Waals surface area (Å²) in [6.45, 7) is 4.33. The maximum atomic E-state index is 5.10. The molecule has 1 N–H and O–H groups in total. The summed E-state index contributed by atoms with van der Waals surface area (Å²) in [6.07, 6.45) is 11.3. The molecule has 0 aliphatic heterocycles. The van der Waals surface area contributed by atoms with Crippen molar-refractivity contribution in [3.05, 3.63) is 0 Å². The van der Waals surface area contributed by atoms with Gasteiger partial charge in [0.25, 0.3) is 0 Å². The molecule has 0 saturated heterocycles. The Kier molecular flexibility index (Phi) is 9.10. The highest BCUT2D eigenvalue weighted by Crippen LogP contribution is 1.96. The first-order valence-electron chi connectivity index (χ1n) is 4.56. The topological polar surface area (TPSA) is 12.0 Å². The SMILES string of the molecule is C#CCCNCCCCCC. The highest BCUT2D eigenvalue weighted by atomic mass is 14.8. The minimum Gasteiger partial charge on any atom is -0.316 e. The summed E-state index contributed by atoms with van der Waals surface area (Å²) < 4.78 is 0. The van der Waals surface area contributed by atoms with E-state index in [1.807, 2.05) is 0 Å². The van der Waals surface area contributed by atoms with Crippen molar-refractivity contribution in [3.8, 4) is 12.3 Å². The molecule has 0 bridgehead atoms. The maximum Gasteiger partial charge on any atom is 0.0211 e. The van der Waals surface area contributed by atoms with Gasteiger partial charge in [-0.25, -0.2) is 0 Å². The van der Waals surface area contributed by atoms with Gasteiger partial charge >= 0.3 is 0 Å². The molecule has 0 aliphatic rings. The fraction of sp³-hybridized carbons (Fsp3) is 0.800. The monoisotopic (exact) mass is 153 g/mol. The molecule has 64 valence electrons. The number of nitrogens with one attached hydrogen (secondary N) is 1. The summed E-state index contributed by atoms with van der Waals surface area (Å²) in [7, 11) is 0. The van der Waals surface area contributed by atoms with Crippen LogP contribution in [-0.4, -0.2) is 13.1 Å². The van der Waals surface area contributed by atoms with Crippen molar-refractivity contribution in [1.82, 2.24) is 5.32 Å². The third-order valence-corrected chi connectivity index (χ3v) is 1.65. The number of terminal acetylenes is 1. The van der Waals surface area contributed by atoms with Crippen LogP contribution >= 0.6 is 0 Å². The van der Waals surface area contributed by atoms with Crippen molar-refractivity contribution in [2.24, 2.45) is 0 Å². The average molecular weight is 153 g/mol. The molecule has 0 saturated carbocycles. The molecule has 0 spiro atoms. The van der Waals surface area contributed by atoms with Crippen LogP contribution in [0.3, 0.4) is 0 Å². The molecule has 0 atom stereocenters. The van der Waals surface area contributed by atoms with Crippen molar-refractivity contribution in [2.75, 3.05) is 13.1 Å². The van der Waals surface area contributed by atoms with Crippen LogP contribution in [0.15, 0.2) is 0 Å². The normalized spacial score (nSPS) is 9.45. The third-order valence-electron chi connectivity index (χ3n) is 1.65. The van der Waals surface area contributed by atoms with Gasteiger partial charge in [-0.1, -0.05) is 26.2 Å². The summed E-state index contributed by atoms with van der Waals surface area (Å²) in [5, 5.41) is 3.30. The smallest absolute Gasteiger partial charge is 0.0211 e. The van der Waals surface area contributed by atoms with Crippen LogP contribution in [0.2, 0.25) is 0 Å². The van der Waals surface area contributed by atoms with Crippen LogP contribution in [0.5, 0.6) is 0 Å². The lowest BCUT2D eigenvalue weighted by molar-refractivity contribution is 0.603. The minimum absolute atomic E-state index is 0.855. The van der Waals surface area contributed by atoms with Crippen molar-refractivity contribution in [2.45, 2.75) is 39.0 Å². The summed E-state index contributed by atoms with van der Waals surface area (Å²) in [5.74, 6) is 2.61. The minimum atomic E-state index is 0.855. The Labute approximate surface area is 70.6 Å². The molecule has 1 heteroatoms. The maximum absolute atomic E-state index is 5.10. The second-order valence-corrected chi connectivity index (χ2v) is 2.76. The van der Waals surface area contributed by atoms with Crippen molar-refractivity contribution in [1.29, 1.82) is 0 Å². The summed E-state index contributed by atoms with van der Waals surface area (Å²) in [6, 6.07) is 0. The van der Waals surface area contributed by atoms with Crippen molar-refractivity contribution in [3.63, 3.8) is 0 Å². The van der Waals surface area contributed by atoms with Crippen LogP contribution in [0, 0.1) is 12.3 Å². The molecule has 0 aliphatic carbocycles. The fourth-order valence-electron chi connectivity index (χ4n) is 0.962. The predicted octanol–water partition coefficient (Wildman–Crippen LogP) is 2.18. The first-order chi connectivity index (χ1) is 5.41. The first-order valence-corrected chi connectivity index (χ1v) is 4.56. The van der Waals surface area contributed by atoms with E-state index in [2.05, 4.69) is 18.2 Å². The van der Waals surface area contributed by atoms with Gasteiger partial charge in [0.1, 0.15) is 0 Å². The van der Waals surface area contributed by atoms with Crippen LogP contribution in [0.25, 0.3) is 0 Å². The summed E-state index contributed by atoms with van der Waals surface area (Å²) in [4.78, 5) is 0. The largest absolute Gasteiger partial charge is 0.316 e. The lowest BCUT2D eigenvalue weighted by Gasteiger charge is -2.00. The standard InChI is InChI=1S/C10H19N/c1-3-5-7-8-10-11-9-6-4-2/h2,11H,3,5-10H2,1H3. The molecule has 0 amide bonds. The Morgan fingerprint density at radius 1 is 1.18 bits per heavy atom. The van der Waals surface area contributed by atoms with E-state index < -0.39 is 0 Å². The Hall–Kier alpha value is -0.480. The lowest BCUT2D eigenvalue weighted by atomic mass is 10.2. The fourth-order valence-corrected chi connectivity index (χ4v) is 0.962. The van der Waals surface area contributed by atoms with Gasteiger partial charge in [0, 0.05) is 13.0 Å². The number of hydrogen-bond donors (Lipinski definition) is 1. The van der Waals surface area contributed by atoms with Gasteiger partial charge in [-0.3, -0.25) is 0 Å². The quantitative estimate of drug-likeness (QED) is 0.436. The molecule has 0 fully saturated rings. The van der Waals surface area contributed by atoms with Gasteiger partial charge < -0.3 is 5.32 Å². The Morgan fingerprint density at radius 3 is 2.64 bits per heavy atom. The van der Waals surface area contributed by atoms with Crippen molar-refractivity contribution < 1.29 is 0 Å². The molecule has 0 heterocycles. The van der Waals surface area contributed by atoms with E-state index in [9.17, 15) is 0 Å². The summed E-state index contributed by atoms with van der Waals surface area (Å²) in [5.41, 5.74) is 0. The van der Waals surface area contributed by atoms with E-state index in [1.165, 1.54) is 25.7 Å². The Balaban J connectivity index is 2.75. The second-order valence-electron chi connectivity index (χ2n) is 2.76. The molecule has 0 aromatic heterocycles. The van der Waals surface area contributed by atoms with Gasteiger partial charge in [0.05, 0.1) is 0 Å². The van der Waals surface area contributed by atoms with E-state index in [1.54, 1.807) is 0 Å². The predicted molar refractivity (Wildman–Crippen MR) is 50.5 cm³/mol. The molecule has 11 heavy (non-hydrogen) atoms. The molecular weight excluding hydrogens is 134 g/mol. The van der Waals surface area contributed by atoms with Gasteiger partial charge in [-0.05, 0) is 13.0 Å². The van der Waals surface area contributed by atoms with E-state index >= 15 is 0 Å². The highest BCUT2D eigenvalue weighted by molar-refractivity contribution is 4.83. The molecule has 0 radical (unpaired) electrons. The Morgan fingerprint density at radius 2 is 2.00 bits per heavy atom. The van der Waals surface area contributed by atoms with Gasteiger partial charge in [-0.15, -0.1) is 12.3 Å². The number of rotatable bonds is 7. The zero-order chi connectivity index (χ0) is 8.36. The molecule has 1 nitrogen and oxygen atoms in total. The lowest BCUT2D eigenvalue weighted by Crippen LogP contribution is -2.15. The highest BCUT2D eigenvalue weighted by Gasteiger charge is 1.86. The van der Waals surface area contributed by atoms with Crippen LogP contribution < -0.4 is 5.32 Å². The van der Waals surface area contributed by atoms with Crippen molar-refractivity contribution >= 4 is 0 Å². The van der Waals surface area contributed by atoms with E-state index in [-0.39, 0.29) is 0 Å². The van der Waals surface area contributed by atoms with Crippen LogP contribution in [-0.2, 0) is 0 Å². The van der Waals surface area contributed by atoms with E-state index in [0.717, 1.165) is 19.5 Å². The van der Waals surface area contributed by atoms with E-state index in [0.29, 0.717) is 0 Å². The zero-order valence-electron chi connectivity index (χ0n) is 7.53. The first kappa shape index (κ1) is 10.5. The average Bonchev–Trinajstić information content (AvgIpc) is 2.03. The van der Waals surface area contributed by atoms with Gasteiger partial charge in [0.15, 0.2) is 0 Å². The Bertz CT molecular complexity index is 102. The van der Waals surface area contributed by atoms with Gasteiger partial charge in [-0.2, -0.15) is 0 Å². The number of hydrogen-bond acceptors (Lipinski definition) is 1. The third kappa shape index (κ3) is 9.52. The zero-order valence-corrected chi connectivity index (χ0v) is 7.53. The van der Waals surface area contributed by atoms with Crippen LogP contribution in [0.4, 0.5) is 0 Å². The van der Waals surface area contributed by atoms with Crippen LogP contribution in [0.1, 0.15) is 39.0 Å². The number of unbranched alkanes of at least 4 members (excludes halogenated alkanes) is 3. The van der Waals surface area contributed by atoms with Gasteiger partial charge in [0.2, 0.25) is 0 Å². The molecular formula is C10H19N. The molecule has 0 unspecified atom stereocenters. The molecule has 0 aromatic carbocycles. The summed E-state index contributed by atoms with van der Waals surface area (Å²) >= 11 is 0. The molecule has 0 aromatic rings. The second kappa shape index (κ2) is 9.52.